The topological polar surface area (TPSA) is 58.1 Å². The first-order valence-corrected chi connectivity index (χ1v) is 8.62. The average molecular weight is 384 g/mol. The molecule has 0 saturated heterocycles. The summed E-state index contributed by atoms with van der Waals surface area (Å²) in [6.07, 6.45) is 2.26. The van der Waals surface area contributed by atoms with E-state index < -0.39 is 29.0 Å². The Labute approximate surface area is 158 Å². The third-order valence-corrected chi connectivity index (χ3v) is 4.57. The minimum atomic E-state index is -1.65. The molecule has 0 atom stereocenters. The van der Waals surface area contributed by atoms with Gasteiger partial charge in [0, 0.05) is 19.3 Å². The Balaban J connectivity index is 1.54. The lowest BCUT2D eigenvalue weighted by Gasteiger charge is -2.28. The van der Waals surface area contributed by atoms with Crippen molar-refractivity contribution in [3.8, 4) is 0 Å². The number of amides is 1. The van der Waals surface area contributed by atoms with Gasteiger partial charge in [0.05, 0.1) is 5.69 Å². The number of nitrogens with one attached hydrogen (secondary N) is 1. The van der Waals surface area contributed by atoms with Crippen LogP contribution in [-0.2, 0) is 13.0 Å². The number of halogens is 3. The summed E-state index contributed by atoms with van der Waals surface area (Å²) >= 11 is 0. The molecule has 4 rings (SSSR count). The fraction of sp³-hybridized carbons (Fsp3) is 0.150. The van der Waals surface area contributed by atoms with Crippen molar-refractivity contribution in [2.75, 3.05) is 16.8 Å². The highest BCUT2D eigenvalue weighted by Crippen LogP contribution is 2.23. The standard InChI is InChI=1S/C20H15F3N4O/c21-14-5-6-15(18(23)17(14)22)25-19(28)16-7-9-24-20(26-16)27-10-8-12-3-1-2-4-13(12)11-27/h1-7,9H,8,10-11H2,(H,25,28). The molecule has 0 fully saturated rings. The van der Waals surface area contributed by atoms with Gasteiger partial charge in [-0.15, -0.1) is 0 Å². The van der Waals surface area contributed by atoms with E-state index in [2.05, 4.69) is 21.4 Å². The maximum absolute atomic E-state index is 13.8. The average Bonchev–Trinajstić information content (AvgIpc) is 2.74. The highest BCUT2D eigenvalue weighted by atomic mass is 19.2. The van der Waals surface area contributed by atoms with E-state index >= 15 is 0 Å². The Morgan fingerprint density at radius 2 is 1.79 bits per heavy atom. The van der Waals surface area contributed by atoms with Crippen molar-refractivity contribution >= 4 is 17.5 Å². The van der Waals surface area contributed by atoms with E-state index in [1.807, 2.05) is 23.1 Å². The van der Waals surface area contributed by atoms with Gasteiger partial charge in [-0.3, -0.25) is 4.79 Å². The second kappa shape index (κ2) is 7.30. The highest BCUT2D eigenvalue weighted by Gasteiger charge is 2.20. The van der Waals surface area contributed by atoms with Gasteiger partial charge in [0.1, 0.15) is 5.69 Å². The number of hydrogen-bond acceptors (Lipinski definition) is 4. The first-order chi connectivity index (χ1) is 13.5. The van der Waals surface area contributed by atoms with Crippen molar-refractivity contribution in [3.63, 3.8) is 0 Å². The summed E-state index contributed by atoms with van der Waals surface area (Å²) < 4.78 is 40.1. The number of nitrogens with zero attached hydrogens (tertiary/aromatic N) is 3. The Hall–Kier alpha value is -3.42. The maximum atomic E-state index is 13.8. The molecule has 0 aliphatic carbocycles. The van der Waals surface area contributed by atoms with E-state index in [4.69, 9.17) is 0 Å². The van der Waals surface area contributed by atoms with Crippen molar-refractivity contribution in [3.05, 3.63) is 82.9 Å². The largest absolute Gasteiger partial charge is 0.336 e. The van der Waals surface area contributed by atoms with E-state index in [9.17, 15) is 18.0 Å². The molecule has 0 spiro atoms. The van der Waals surface area contributed by atoms with E-state index in [1.54, 1.807) is 0 Å². The van der Waals surface area contributed by atoms with Crippen LogP contribution in [0.5, 0.6) is 0 Å². The van der Waals surface area contributed by atoms with E-state index in [0.717, 1.165) is 24.1 Å². The summed E-state index contributed by atoms with van der Waals surface area (Å²) in [6.45, 7) is 1.30. The van der Waals surface area contributed by atoms with Crippen LogP contribution in [0.25, 0.3) is 0 Å². The van der Waals surface area contributed by atoms with Gasteiger partial charge in [0.2, 0.25) is 5.95 Å². The lowest BCUT2D eigenvalue weighted by atomic mass is 10.0. The normalized spacial score (nSPS) is 13.2. The predicted octanol–water partition coefficient (Wildman–Crippen LogP) is 3.71. The van der Waals surface area contributed by atoms with Gasteiger partial charge >= 0.3 is 0 Å². The molecule has 0 bridgehead atoms. The number of fused-ring (bicyclic) bond motifs is 1. The number of anilines is 2. The Kier molecular flexibility index (Phi) is 4.68. The van der Waals surface area contributed by atoms with Gasteiger partial charge in [0.25, 0.3) is 5.91 Å². The lowest BCUT2D eigenvalue weighted by Crippen LogP contribution is -2.32. The van der Waals surface area contributed by atoms with Gasteiger partial charge in [-0.05, 0) is 35.7 Å². The Morgan fingerprint density at radius 3 is 2.61 bits per heavy atom. The molecule has 1 N–H and O–H groups in total. The fourth-order valence-corrected chi connectivity index (χ4v) is 3.10. The summed E-state index contributed by atoms with van der Waals surface area (Å²) in [5, 5.41) is 2.21. The number of carbonyl (C=O) groups excluding carboxylic acids is 1. The maximum Gasteiger partial charge on any atom is 0.274 e. The van der Waals surface area contributed by atoms with Crippen LogP contribution in [0.15, 0.2) is 48.7 Å². The number of aromatic nitrogens is 2. The van der Waals surface area contributed by atoms with Crippen molar-refractivity contribution < 1.29 is 18.0 Å². The number of rotatable bonds is 3. The molecular formula is C20H15F3N4O. The third kappa shape index (κ3) is 3.40. The number of hydrogen-bond donors (Lipinski definition) is 1. The monoisotopic (exact) mass is 384 g/mol. The van der Waals surface area contributed by atoms with Crippen LogP contribution >= 0.6 is 0 Å². The van der Waals surface area contributed by atoms with Gasteiger partial charge < -0.3 is 10.2 Å². The van der Waals surface area contributed by atoms with E-state index in [-0.39, 0.29) is 5.69 Å². The van der Waals surface area contributed by atoms with Crippen LogP contribution < -0.4 is 10.2 Å². The minimum absolute atomic E-state index is 0.00649. The summed E-state index contributed by atoms with van der Waals surface area (Å²) in [7, 11) is 0. The first kappa shape index (κ1) is 18.0. The van der Waals surface area contributed by atoms with Crippen molar-refractivity contribution in [1.29, 1.82) is 0 Å². The van der Waals surface area contributed by atoms with Crippen molar-refractivity contribution in [2.24, 2.45) is 0 Å². The van der Waals surface area contributed by atoms with E-state index in [1.165, 1.54) is 17.8 Å². The second-order valence-corrected chi connectivity index (χ2v) is 6.36. The molecule has 1 aromatic heterocycles. The molecule has 1 aliphatic rings. The van der Waals surface area contributed by atoms with Crippen LogP contribution in [-0.4, -0.2) is 22.4 Å². The number of benzene rings is 2. The summed E-state index contributed by atoms with van der Waals surface area (Å²) in [5.41, 5.74) is 1.96. The molecule has 2 aromatic carbocycles. The van der Waals surface area contributed by atoms with Crippen LogP contribution in [0, 0.1) is 17.5 Å². The first-order valence-electron chi connectivity index (χ1n) is 8.62. The molecule has 0 saturated carbocycles. The van der Waals surface area contributed by atoms with E-state index in [0.29, 0.717) is 19.0 Å². The quantitative estimate of drug-likeness (QED) is 0.700. The minimum Gasteiger partial charge on any atom is -0.336 e. The Bertz CT molecular complexity index is 1060. The summed E-state index contributed by atoms with van der Waals surface area (Å²) in [5.74, 6) is -4.81. The summed E-state index contributed by atoms with van der Waals surface area (Å²) in [6, 6.07) is 11.1. The smallest absolute Gasteiger partial charge is 0.274 e. The fourth-order valence-electron chi connectivity index (χ4n) is 3.10. The molecule has 0 unspecified atom stereocenters. The zero-order chi connectivity index (χ0) is 19.7. The SMILES string of the molecule is O=C(Nc1ccc(F)c(F)c1F)c1ccnc(N2CCc3ccccc3C2)n1. The third-order valence-electron chi connectivity index (χ3n) is 4.57. The van der Waals surface area contributed by atoms with Gasteiger partial charge in [-0.1, -0.05) is 24.3 Å². The van der Waals surface area contributed by atoms with Crippen LogP contribution in [0.2, 0.25) is 0 Å². The lowest BCUT2D eigenvalue weighted by molar-refractivity contribution is 0.102. The zero-order valence-corrected chi connectivity index (χ0v) is 14.6. The van der Waals surface area contributed by atoms with Gasteiger partial charge in [0.15, 0.2) is 17.5 Å². The molecule has 3 aromatic rings. The highest BCUT2D eigenvalue weighted by molar-refractivity contribution is 6.03. The molecule has 5 nitrogen and oxygen atoms in total. The Morgan fingerprint density at radius 1 is 1.00 bits per heavy atom. The molecule has 2 heterocycles. The van der Waals surface area contributed by atoms with Gasteiger partial charge in [-0.2, -0.15) is 0 Å². The van der Waals surface area contributed by atoms with Crippen molar-refractivity contribution in [2.45, 2.75) is 13.0 Å². The molecule has 1 aliphatic heterocycles. The molecule has 142 valence electrons. The molecule has 0 radical (unpaired) electrons. The number of carbonyl (C=O) groups is 1. The predicted molar refractivity (Wildman–Crippen MR) is 97.5 cm³/mol. The molecule has 8 heteroatoms. The molecular weight excluding hydrogens is 369 g/mol. The molecule has 28 heavy (non-hydrogen) atoms. The van der Waals surface area contributed by atoms with Crippen LogP contribution in [0.1, 0.15) is 21.6 Å². The molecule has 1 amide bonds. The summed E-state index contributed by atoms with van der Waals surface area (Å²) in [4.78, 5) is 22.8. The van der Waals surface area contributed by atoms with Crippen LogP contribution in [0.3, 0.4) is 0 Å². The van der Waals surface area contributed by atoms with Crippen molar-refractivity contribution in [1.82, 2.24) is 9.97 Å². The zero-order valence-electron chi connectivity index (χ0n) is 14.6. The second-order valence-electron chi connectivity index (χ2n) is 6.36. The van der Waals surface area contributed by atoms with Crippen LogP contribution in [0.4, 0.5) is 24.8 Å². The van der Waals surface area contributed by atoms with Gasteiger partial charge in [-0.25, -0.2) is 23.1 Å².